The molecule has 1 fully saturated rings. The summed E-state index contributed by atoms with van der Waals surface area (Å²) in [5, 5.41) is 4.35. The van der Waals surface area contributed by atoms with E-state index in [4.69, 9.17) is 0 Å². The third kappa shape index (κ3) is 4.49. The summed E-state index contributed by atoms with van der Waals surface area (Å²) in [6.07, 6.45) is 1.67. The molecule has 1 aliphatic rings. The van der Waals surface area contributed by atoms with Gasteiger partial charge in [-0.1, -0.05) is 6.07 Å². The molecule has 1 amide bonds. The Bertz CT molecular complexity index is 1050. The van der Waals surface area contributed by atoms with Crippen molar-refractivity contribution in [2.45, 2.75) is 20.8 Å². The Morgan fingerprint density at radius 1 is 1.07 bits per heavy atom. The highest BCUT2D eigenvalue weighted by Crippen LogP contribution is 2.30. The van der Waals surface area contributed by atoms with E-state index in [0.29, 0.717) is 11.2 Å². The fraction of sp³-hybridized carbons (Fsp3) is 0.318. The minimum Gasteiger partial charge on any atom is -0.354 e. The zero-order valence-corrected chi connectivity index (χ0v) is 18.5. The second-order valence-electron chi connectivity index (χ2n) is 7.20. The number of rotatable bonds is 3. The molecular formula is C22H25ClN4OS. The maximum atomic E-state index is 13.3. The Morgan fingerprint density at radius 2 is 1.83 bits per heavy atom. The molecule has 29 heavy (non-hydrogen) atoms. The zero-order valence-electron chi connectivity index (χ0n) is 16.9. The summed E-state index contributed by atoms with van der Waals surface area (Å²) in [6.45, 7) is 7.68. The van der Waals surface area contributed by atoms with Gasteiger partial charge in [-0.15, -0.1) is 12.4 Å². The van der Waals surface area contributed by atoms with E-state index < -0.39 is 0 Å². The zero-order chi connectivity index (χ0) is 19.7. The first kappa shape index (κ1) is 21.4. The second kappa shape index (κ2) is 9.01. The maximum Gasteiger partial charge on any atom is 0.257 e. The molecule has 0 aliphatic carbocycles. The van der Waals surface area contributed by atoms with Crippen molar-refractivity contribution < 1.29 is 4.79 Å². The van der Waals surface area contributed by atoms with Crippen molar-refractivity contribution in [1.82, 2.24) is 14.9 Å². The summed E-state index contributed by atoms with van der Waals surface area (Å²) in [5.74, 6) is 1.99. The van der Waals surface area contributed by atoms with E-state index in [1.54, 1.807) is 6.20 Å². The number of hydrogen-bond acceptors (Lipinski definition) is 5. The van der Waals surface area contributed by atoms with E-state index in [0.717, 1.165) is 47.1 Å². The fourth-order valence-electron chi connectivity index (χ4n) is 3.37. The Morgan fingerprint density at radius 3 is 2.55 bits per heavy atom. The van der Waals surface area contributed by atoms with Crippen LogP contribution in [0.2, 0.25) is 0 Å². The van der Waals surface area contributed by atoms with E-state index in [1.807, 2.05) is 41.8 Å². The van der Waals surface area contributed by atoms with Gasteiger partial charge in [0.25, 0.3) is 5.91 Å². The molecule has 152 valence electrons. The van der Waals surface area contributed by atoms with Gasteiger partial charge < -0.3 is 10.2 Å². The van der Waals surface area contributed by atoms with Crippen molar-refractivity contribution in [3.8, 4) is 0 Å². The summed E-state index contributed by atoms with van der Waals surface area (Å²) in [5.41, 5.74) is 6.34. The number of nitrogens with one attached hydrogen (secondary N) is 1. The van der Waals surface area contributed by atoms with E-state index >= 15 is 0 Å². The van der Waals surface area contributed by atoms with Crippen molar-refractivity contribution in [1.29, 1.82) is 0 Å². The number of aryl methyl sites for hydroxylation is 3. The standard InChI is InChI=1S/C22H24N4OS.ClH/c1-14-4-6-17(12-15(14)2)25-20-18-7-5-16(3)24-21(18)23-13-19(20)22(27)26-8-10-28-11-9-26;/h4-7,12-13H,8-11H2,1-3H3,(H,23,24,25);1H. The number of halogens is 1. The lowest BCUT2D eigenvalue weighted by Crippen LogP contribution is -2.38. The van der Waals surface area contributed by atoms with Gasteiger partial charge >= 0.3 is 0 Å². The van der Waals surface area contributed by atoms with E-state index in [9.17, 15) is 4.79 Å². The van der Waals surface area contributed by atoms with Gasteiger partial charge in [0.05, 0.1) is 11.3 Å². The van der Waals surface area contributed by atoms with E-state index in [2.05, 4.69) is 41.3 Å². The highest BCUT2D eigenvalue weighted by atomic mass is 35.5. The first-order chi connectivity index (χ1) is 13.5. The summed E-state index contributed by atoms with van der Waals surface area (Å²) < 4.78 is 0. The van der Waals surface area contributed by atoms with Gasteiger partial charge in [0, 0.05) is 47.6 Å². The number of nitrogens with zero attached hydrogens (tertiary/aromatic N) is 3. The monoisotopic (exact) mass is 428 g/mol. The number of fused-ring (bicyclic) bond motifs is 1. The molecule has 1 aliphatic heterocycles. The molecule has 1 N–H and O–H groups in total. The van der Waals surface area contributed by atoms with E-state index in [1.165, 1.54) is 11.1 Å². The van der Waals surface area contributed by atoms with Crippen LogP contribution in [-0.2, 0) is 0 Å². The fourth-order valence-corrected chi connectivity index (χ4v) is 4.27. The Balaban J connectivity index is 0.00000240. The molecule has 0 unspecified atom stereocenters. The number of carbonyl (C=O) groups is 1. The first-order valence-electron chi connectivity index (χ1n) is 9.50. The quantitative estimate of drug-likeness (QED) is 0.642. The van der Waals surface area contributed by atoms with Gasteiger partial charge in [-0.25, -0.2) is 9.97 Å². The van der Waals surface area contributed by atoms with Gasteiger partial charge in [-0.05, 0) is 56.2 Å². The van der Waals surface area contributed by atoms with Crippen molar-refractivity contribution in [2.75, 3.05) is 29.9 Å². The van der Waals surface area contributed by atoms with Crippen molar-refractivity contribution in [2.24, 2.45) is 0 Å². The number of anilines is 2. The topological polar surface area (TPSA) is 58.1 Å². The van der Waals surface area contributed by atoms with Crippen LogP contribution < -0.4 is 5.32 Å². The lowest BCUT2D eigenvalue weighted by atomic mass is 10.1. The molecule has 2 aromatic heterocycles. The molecule has 0 saturated carbocycles. The highest BCUT2D eigenvalue weighted by molar-refractivity contribution is 7.99. The minimum atomic E-state index is 0. The summed E-state index contributed by atoms with van der Waals surface area (Å²) in [7, 11) is 0. The van der Waals surface area contributed by atoms with Gasteiger partial charge in [0.2, 0.25) is 0 Å². The molecule has 4 rings (SSSR count). The van der Waals surface area contributed by atoms with Crippen LogP contribution in [0.1, 0.15) is 27.2 Å². The largest absolute Gasteiger partial charge is 0.354 e. The molecule has 5 nitrogen and oxygen atoms in total. The van der Waals surface area contributed by atoms with Gasteiger partial charge in [-0.2, -0.15) is 11.8 Å². The molecule has 0 spiro atoms. The van der Waals surface area contributed by atoms with Gasteiger partial charge in [0.1, 0.15) is 0 Å². The van der Waals surface area contributed by atoms with Crippen molar-refractivity contribution in [3.63, 3.8) is 0 Å². The number of benzene rings is 1. The maximum absolute atomic E-state index is 13.3. The number of pyridine rings is 2. The van der Waals surface area contributed by atoms with Crippen LogP contribution in [0.4, 0.5) is 11.4 Å². The summed E-state index contributed by atoms with van der Waals surface area (Å²) in [6, 6.07) is 10.2. The van der Waals surface area contributed by atoms with Gasteiger partial charge in [-0.3, -0.25) is 4.79 Å². The molecule has 3 heterocycles. The molecule has 0 atom stereocenters. The van der Waals surface area contributed by atoms with Crippen LogP contribution in [-0.4, -0.2) is 45.4 Å². The average Bonchev–Trinajstić information content (AvgIpc) is 2.71. The van der Waals surface area contributed by atoms with Crippen LogP contribution in [0.15, 0.2) is 36.5 Å². The third-order valence-electron chi connectivity index (χ3n) is 5.17. The Hall–Kier alpha value is -2.31. The summed E-state index contributed by atoms with van der Waals surface area (Å²) >= 11 is 1.89. The number of carbonyl (C=O) groups excluding carboxylic acids is 1. The van der Waals surface area contributed by atoms with Crippen LogP contribution >= 0.6 is 24.2 Å². The van der Waals surface area contributed by atoms with Crippen molar-refractivity contribution >= 4 is 52.5 Å². The lowest BCUT2D eigenvalue weighted by molar-refractivity contribution is 0.0773. The Kier molecular flexibility index (Phi) is 6.65. The van der Waals surface area contributed by atoms with E-state index in [-0.39, 0.29) is 18.3 Å². The number of thioether (sulfide) groups is 1. The molecule has 0 radical (unpaired) electrons. The average molecular weight is 429 g/mol. The second-order valence-corrected chi connectivity index (χ2v) is 8.42. The normalized spacial score (nSPS) is 13.8. The smallest absolute Gasteiger partial charge is 0.257 e. The molecule has 1 aromatic carbocycles. The number of aromatic nitrogens is 2. The molecule has 3 aromatic rings. The van der Waals surface area contributed by atoms with Crippen molar-refractivity contribution in [3.05, 3.63) is 58.9 Å². The number of hydrogen-bond donors (Lipinski definition) is 1. The molecular weight excluding hydrogens is 404 g/mol. The van der Waals surface area contributed by atoms with Crippen LogP contribution in [0.3, 0.4) is 0 Å². The third-order valence-corrected chi connectivity index (χ3v) is 6.12. The van der Waals surface area contributed by atoms with Crippen LogP contribution in [0.25, 0.3) is 11.0 Å². The summed E-state index contributed by atoms with van der Waals surface area (Å²) in [4.78, 5) is 24.2. The van der Waals surface area contributed by atoms with Crippen LogP contribution in [0.5, 0.6) is 0 Å². The predicted molar refractivity (Wildman–Crippen MR) is 124 cm³/mol. The molecule has 1 saturated heterocycles. The SMILES string of the molecule is Cc1ccc2c(Nc3ccc(C)c(C)c3)c(C(=O)N3CCSCC3)cnc2n1.Cl. The number of amides is 1. The first-order valence-corrected chi connectivity index (χ1v) is 10.7. The molecule has 0 bridgehead atoms. The van der Waals surface area contributed by atoms with Gasteiger partial charge in [0.15, 0.2) is 5.65 Å². The predicted octanol–water partition coefficient (Wildman–Crippen LogP) is 4.91. The Labute approximate surface area is 181 Å². The molecule has 7 heteroatoms. The minimum absolute atomic E-state index is 0. The highest BCUT2D eigenvalue weighted by Gasteiger charge is 2.23. The lowest BCUT2D eigenvalue weighted by Gasteiger charge is -2.27. The van der Waals surface area contributed by atoms with Crippen LogP contribution in [0, 0.1) is 20.8 Å².